The van der Waals surface area contributed by atoms with Crippen LogP contribution in [0.5, 0.6) is 0 Å². The van der Waals surface area contributed by atoms with Crippen molar-refractivity contribution < 1.29 is 19.0 Å². The van der Waals surface area contributed by atoms with Crippen LogP contribution in [0.15, 0.2) is 12.1 Å². The Balaban J connectivity index is 2.20. The van der Waals surface area contributed by atoms with Crippen LogP contribution < -0.4 is 4.90 Å². The second-order valence-electron chi connectivity index (χ2n) is 4.46. The molecule has 2 rings (SSSR count). The Kier molecular flexibility index (Phi) is 4.04. The Hall–Kier alpha value is -0.910. The van der Waals surface area contributed by atoms with E-state index in [9.17, 15) is 13.9 Å². The number of hydrogen-bond acceptors (Lipinski definition) is 3. The first-order chi connectivity index (χ1) is 8.52. The molecule has 0 aromatic heterocycles. The van der Waals surface area contributed by atoms with Gasteiger partial charge in [0.15, 0.2) is 0 Å². The minimum absolute atomic E-state index is 0.0901. The zero-order valence-corrected chi connectivity index (χ0v) is 10.4. The minimum Gasteiger partial charge on any atom is -0.396 e. The van der Waals surface area contributed by atoms with Crippen LogP contribution in [-0.2, 0) is 0 Å². The first-order valence-electron chi connectivity index (χ1n) is 5.71. The number of aliphatic hydroxyl groups excluding tert-OH is 2. The highest BCUT2D eigenvalue weighted by atomic mass is 35.5. The lowest BCUT2D eigenvalue weighted by molar-refractivity contribution is 0.0546. The van der Waals surface area contributed by atoms with E-state index in [1.165, 1.54) is 0 Å². The van der Waals surface area contributed by atoms with Gasteiger partial charge < -0.3 is 15.1 Å². The number of benzene rings is 1. The summed E-state index contributed by atoms with van der Waals surface area (Å²) in [5.74, 6) is -1.51. The Morgan fingerprint density at radius 3 is 2.67 bits per heavy atom. The number of piperidine rings is 1. The normalized spacial score (nSPS) is 24.4. The Morgan fingerprint density at radius 1 is 1.33 bits per heavy atom. The Morgan fingerprint density at radius 2 is 2.06 bits per heavy atom. The zero-order chi connectivity index (χ0) is 13.3. The van der Waals surface area contributed by atoms with Crippen LogP contribution in [0.4, 0.5) is 14.5 Å². The lowest BCUT2D eigenvalue weighted by Gasteiger charge is -2.36. The fraction of sp³-hybridized carbons (Fsp3) is 0.500. The smallest absolute Gasteiger partial charge is 0.148 e. The molecule has 0 saturated carbocycles. The fourth-order valence-corrected chi connectivity index (χ4v) is 2.32. The molecule has 100 valence electrons. The lowest BCUT2D eigenvalue weighted by atomic mass is 9.94. The summed E-state index contributed by atoms with van der Waals surface area (Å²) in [5, 5.41) is 18.5. The number of β-amino-alcohol motifs (C(OH)–C–C–N with tert-alkyl or cyclic N) is 1. The number of nitrogens with zero attached hydrogens (tertiary/aromatic N) is 1. The van der Waals surface area contributed by atoms with E-state index in [1.807, 2.05) is 0 Å². The number of hydrogen-bond donors (Lipinski definition) is 2. The van der Waals surface area contributed by atoms with Gasteiger partial charge in [-0.05, 0) is 12.5 Å². The van der Waals surface area contributed by atoms with Gasteiger partial charge in [-0.25, -0.2) is 8.78 Å². The number of aliphatic hydroxyl groups is 2. The molecule has 1 aromatic carbocycles. The third-order valence-electron chi connectivity index (χ3n) is 3.29. The summed E-state index contributed by atoms with van der Waals surface area (Å²) >= 11 is 5.48. The fourth-order valence-electron chi connectivity index (χ4n) is 2.17. The van der Waals surface area contributed by atoms with Gasteiger partial charge in [-0.3, -0.25) is 0 Å². The molecule has 1 aliphatic rings. The van der Waals surface area contributed by atoms with Crippen molar-refractivity contribution in [1.29, 1.82) is 0 Å². The highest BCUT2D eigenvalue weighted by Gasteiger charge is 2.28. The second-order valence-corrected chi connectivity index (χ2v) is 4.87. The molecule has 1 fully saturated rings. The Labute approximate surface area is 109 Å². The maximum Gasteiger partial charge on any atom is 0.148 e. The molecule has 0 bridgehead atoms. The van der Waals surface area contributed by atoms with Crippen molar-refractivity contribution in [2.45, 2.75) is 12.5 Å². The van der Waals surface area contributed by atoms with E-state index in [0.29, 0.717) is 13.0 Å². The van der Waals surface area contributed by atoms with Crippen molar-refractivity contribution in [2.75, 3.05) is 24.6 Å². The van der Waals surface area contributed by atoms with Crippen molar-refractivity contribution in [1.82, 2.24) is 0 Å². The first kappa shape index (κ1) is 13.5. The maximum absolute atomic E-state index is 13.7. The van der Waals surface area contributed by atoms with Crippen LogP contribution in [0.2, 0.25) is 5.02 Å². The summed E-state index contributed by atoms with van der Waals surface area (Å²) < 4.78 is 27.0. The van der Waals surface area contributed by atoms with E-state index in [1.54, 1.807) is 4.90 Å². The second kappa shape index (κ2) is 5.38. The average Bonchev–Trinajstić information content (AvgIpc) is 2.33. The third kappa shape index (κ3) is 2.58. The van der Waals surface area contributed by atoms with E-state index < -0.39 is 17.7 Å². The molecule has 0 amide bonds. The molecule has 1 aromatic rings. The monoisotopic (exact) mass is 277 g/mol. The average molecular weight is 278 g/mol. The standard InChI is InChI=1S/C12H14ClF2NO2/c13-8-3-10(15)11(4-9(8)14)16-2-1-7(6-17)12(18)5-16/h3-4,7,12,17-18H,1-2,5-6H2/t7-,12+/m1/s1. The van der Waals surface area contributed by atoms with E-state index in [4.69, 9.17) is 16.7 Å². The van der Waals surface area contributed by atoms with Gasteiger partial charge in [-0.15, -0.1) is 0 Å². The van der Waals surface area contributed by atoms with Crippen LogP contribution in [-0.4, -0.2) is 36.0 Å². The van der Waals surface area contributed by atoms with E-state index in [-0.39, 0.29) is 29.8 Å². The molecule has 1 heterocycles. The molecule has 0 radical (unpaired) electrons. The van der Waals surface area contributed by atoms with Crippen LogP contribution in [0.3, 0.4) is 0 Å². The van der Waals surface area contributed by atoms with Crippen LogP contribution >= 0.6 is 11.6 Å². The van der Waals surface area contributed by atoms with Gasteiger partial charge in [-0.1, -0.05) is 11.6 Å². The zero-order valence-electron chi connectivity index (χ0n) is 9.61. The molecule has 2 N–H and O–H groups in total. The number of rotatable bonds is 2. The topological polar surface area (TPSA) is 43.7 Å². The van der Waals surface area contributed by atoms with Gasteiger partial charge in [-0.2, -0.15) is 0 Å². The van der Waals surface area contributed by atoms with Crippen molar-refractivity contribution in [2.24, 2.45) is 5.92 Å². The molecular weight excluding hydrogens is 264 g/mol. The third-order valence-corrected chi connectivity index (χ3v) is 3.58. The molecule has 0 aliphatic carbocycles. The Bertz CT molecular complexity index is 444. The number of anilines is 1. The molecule has 1 aliphatic heterocycles. The quantitative estimate of drug-likeness (QED) is 0.810. The predicted molar refractivity (Wildman–Crippen MR) is 64.8 cm³/mol. The summed E-state index contributed by atoms with van der Waals surface area (Å²) in [6, 6.07) is 1.96. The van der Waals surface area contributed by atoms with Gasteiger partial charge in [0.25, 0.3) is 0 Å². The summed E-state index contributed by atoms with van der Waals surface area (Å²) in [6.45, 7) is 0.524. The van der Waals surface area contributed by atoms with E-state index >= 15 is 0 Å². The molecule has 3 nitrogen and oxygen atoms in total. The largest absolute Gasteiger partial charge is 0.396 e. The molecule has 6 heteroatoms. The molecule has 0 unspecified atom stereocenters. The number of halogens is 3. The van der Waals surface area contributed by atoms with Gasteiger partial charge in [0.1, 0.15) is 11.6 Å². The summed E-state index contributed by atoms with van der Waals surface area (Å²) in [5.41, 5.74) is 0.0901. The molecule has 0 spiro atoms. The van der Waals surface area contributed by atoms with Crippen molar-refractivity contribution in [3.8, 4) is 0 Å². The molecule has 1 saturated heterocycles. The van der Waals surface area contributed by atoms with Gasteiger partial charge >= 0.3 is 0 Å². The van der Waals surface area contributed by atoms with E-state index in [2.05, 4.69) is 0 Å². The van der Waals surface area contributed by atoms with Crippen molar-refractivity contribution in [3.63, 3.8) is 0 Å². The van der Waals surface area contributed by atoms with Crippen molar-refractivity contribution >= 4 is 17.3 Å². The highest BCUT2D eigenvalue weighted by Crippen LogP contribution is 2.29. The van der Waals surface area contributed by atoms with E-state index in [0.717, 1.165) is 12.1 Å². The van der Waals surface area contributed by atoms with Gasteiger partial charge in [0.05, 0.1) is 16.8 Å². The summed E-state index contributed by atoms with van der Waals surface area (Å²) in [4.78, 5) is 1.56. The van der Waals surface area contributed by atoms with Crippen LogP contribution in [0, 0.1) is 17.6 Å². The maximum atomic E-state index is 13.7. The molecule has 18 heavy (non-hydrogen) atoms. The van der Waals surface area contributed by atoms with Gasteiger partial charge in [0.2, 0.25) is 0 Å². The summed E-state index contributed by atoms with van der Waals surface area (Å²) in [6.07, 6.45) is -0.219. The van der Waals surface area contributed by atoms with Crippen LogP contribution in [0.25, 0.3) is 0 Å². The summed E-state index contributed by atoms with van der Waals surface area (Å²) in [7, 11) is 0. The first-order valence-corrected chi connectivity index (χ1v) is 6.09. The molecular formula is C12H14ClF2NO2. The minimum atomic E-state index is -0.748. The van der Waals surface area contributed by atoms with Gasteiger partial charge in [0, 0.05) is 31.7 Å². The van der Waals surface area contributed by atoms with Crippen LogP contribution in [0.1, 0.15) is 6.42 Å². The lowest BCUT2D eigenvalue weighted by Crippen LogP contribution is -2.45. The molecule has 2 atom stereocenters. The highest BCUT2D eigenvalue weighted by molar-refractivity contribution is 6.30. The van der Waals surface area contributed by atoms with Crippen molar-refractivity contribution in [3.05, 3.63) is 28.8 Å². The predicted octanol–water partition coefficient (Wildman–Crippen LogP) is 1.80. The SMILES string of the molecule is OC[C@H]1CCN(c2cc(F)c(Cl)cc2F)C[C@@H]1O.